The molecule has 0 spiro atoms. The third kappa shape index (κ3) is 2.05. The van der Waals surface area contributed by atoms with Gasteiger partial charge in [-0.05, 0) is 18.6 Å². The molecule has 0 fully saturated rings. The van der Waals surface area contributed by atoms with Gasteiger partial charge in [0.25, 0.3) is 0 Å². The minimum absolute atomic E-state index is 0.233. The van der Waals surface area contributed by atoms with Crippen LogP contribution >= 0.6 is 0 Å². The van der Waals surface area contributed by atoms with Crippen LogP contribution in [-0.4, -0.2) is 16.1 Å². The molecular formula is C13H16N2O. The van der Waals surface area contributed by atoms with E-state index < -0.39 is 6.10 Å². The summed E-state index contributed by atoms with van der Waals surface area (Å²) in [4.78, 5) is 4.30. The SMILES string of the molecule is CC[C@H](N)[C@H](O)c1cnc2ccccc2c1. The van der Waals surface area contributed by atoms with Gasteiger partial charge in [-0.15, -0.1) is 0 Å². The molecule has 84 valence electrons. The van der Waals surface area contributed by atoms with Crippen molar-refractivity contribution in [2.24, 2.45) is 5.73 Å². The van der Waals surface area contributed by atoms with Crippen LogP contribution in [0.25, 0.3) is 10.9 Å². The number of para-hydroxylation sites is 1. The van der Waals surface area contributed by atoms with Crippen molar-refractivity contribution in [1.82, 2.24) is 4.98 Å². The van der Waals surface area contributed by atoms with E-state index in [1.54, 1.807) is 6.20 Å². The zero-order valence-corrected chi connectivity index (χ0v) is 9.30. The van der Waals surface area contributed by atoms with Crippen molar-refractivity contribution in [3.8, 4) is 0 Å². The number of aliphatic hydroxyl groups excluding tert-OH is 1. The molecule has 1 aromatic carbocycles. The smallest absolute Gasteiger partial charge is 0.0955 e. The quantitative estimate of drug-likeness (QED) is 0.825. The number of fused-ring (bicyclic) bond motifs is 1. The zero-order chi connectivity index (χ0) is 11.5. The first-order chi connectivity index (χ1) is 7.72. The topological polar surface area (TPSA) is 59.1 Å². The van der Waals surface area contributed by atoms with Gasteiger partial charge in [0.2, 0.25) is 0 Å². The molecule has 0 radical (unpaired) electrons. The lowest BCUT2D eigenvalue weighted by Gasteiger charge is -2.17. The summed E-state index contributed by atoms with van der Waals surface area (Å²) < 4.78 is 0. The lowest BCUT2D eigenvalue weighted by Crippen LogP contribution is -2.27. The van der Waals surface area contributed by atoms with Crippen LogP contribution in [-0.2, 0) is 0 Å². The maximum Gasteiger partial charge on any atom is 0.0955 e. The number of nitrogens with two attached hydrogens (primary N) is 1. The second kappa shape index (κ2) is 4.60. The molecule has 0 aliphatic carbocycles. The molecule has 2 atom stereocenters. The summed E-state index contributed by atoms with van der Waals surface area (Å²) >= 11 is 0. The standard InChI is InChI=1S/C13H16N2O/c1-2-11(14)13(16)10-7-9-5-3-4-6-12(9)15-8-10/h3-8,11,13,16H,2,14H2,1H3/t11-,13+/m0/s1. The van der Waals surface area contributed by atoms with Gasteiger partial charge >= 0.3 is 0 Å². The minimum Gasteiger partial charge on any atom is -0.387 e. The van der Waals surface area contributed by atoms with E-state index in [4.69, 9.17) is 5.73 Å². The van der Waals surface area contributed by atoms with Crippen molar-refractivity contribution in [1.29, 1.82) is 0 Å². The molecular weight excluding hydrogens is 200 g/mol. The molecule has 0 saturated carbocycles. The minimum atomic E-state index is -0.637. The third-order valence-electron chi connectivity index (χ3n) is 2.83. The molecule has 1 aromatic heterocycles. The molecule has 3 nitrogen and oxygen atoms in total. The number of aliphatic hydroxyl groups is 1. The van der Waals surface area contributed by atoms with Crippen LogP contribution in [0.3, 0.4) is 0 Å². The van der Waals surface area contributed by atoms with Crippen LogP contribution in [0.2, 0.25) is 0 Å². The Kier molecular flexibility index (Phi) is 3.17. The molecule has 2 aromatic rings. The highest BCUT2D eigenvalue weighted by Gasteiger charge is 2.15. The Morgan fingerprint density at radius 1 is 1.38 bits per heavy atom. The maximum absolute atomic E-state index is 9.98. The highest BCUT2D eigenvalue weighted by Crippen LogP contribution is 2.20. The van der Waals surface area contributed by atoms with Crippen LogP contribution in [0.15, 0.2) is 36.5 Å². The van der Waals surface area contributed by atoms with E-state index in [9.17, 15) is 5.11 Å². The first kappa shape index (κ1) is 11.0. The van der Waals surface area contributed by atoms with Crippen LogP contribution in [0.5, 0.6) is 0 Å². The summed E-state index contributed by atoms with van der Waals surface area (Å²) in [5.74, 6) is 0. The fraction of sp³-hybridized carbons (Fsp3) is 0.308. The molecule has 1 heterocycles. The summed E-state index contributed by atoms with van der Waals surface area (Å²) in [6.45, 7) is 1.96. The van der Waals surface area contributed by atoms with E-state index in [1.165, 1.54) is 0 Å². The van der Waals surface area contributed by atoms with Gasteiger partial charge in [-0.25, -0.2) is 0 Å². The van der Waals surface area contributed by atoms with Crippen molar-refractivity contribution < 1.29 is 5.11 Å². The Morgan fingerprint density at radius 3 is 2.88 bits per heavy atom. The number of nitrogens with zero attached hydrogens (tertiary/aromatic N) is 1. The summed E-state index contributed by atoms with van der Waals surface area (Å²) in [5.41, 5.74) is 7.53. The molecule has 0 saturated heterocycles. The first-order valence-electron chi connectivity index (χ1n) is 5.50. The number of pyridine rings is 1. The first-order valence-corrected chi connectivity index (χ1v) is 5.50. The average molecular weight is 216 g/mol. The lowest BCUT2D eigenvalue weighted by molar-refractivity contribution is 0.144. The molecule has 2 rings (SSSR count). The molecule has 0 bridgehead atoms. The summed E-state index contributed by atoms with van der Waals surface area (Å²) in [6.07, 6.45) is 1.80. The summed E-state index contributed by atoms with van der Waals surface area (Å²) in [7, 11) is 0. The summed E-state index contributed by atoms with van der Waals surface area (Å²) in [5, 5.41) is 11.0. The Bertz CT molecular complexity index is 484. The van der Waals surface area contributed by atoms with E-state index in [-0.39, 0.29) is 6.04 Å². The third-order valence-corrected chi connectivity index (χ3v) is 2.83. The van der Waals surface area contributed by atoms with Crippen molar-refractivity contribution in [3.63, 3.8) is 0 Å². The van der Waals surface area contributed by atoms with Crippen molar-refractivity contribution in [2.45, 2.75) is 25.5 Å². The lowest BCUT2D eigenvalue weighted by atomic mass is 10.0. The van der Waals surface area contributed by atoms with Gasteiger partial charge in [0.1, 0.15) is 0 Å². The number of hydrogen-bond acceptors (Lipinski definition) is 3. The molecule has 0 aliphatic heterocycles. The van der Waals surface area contributed by atoms with Crippen molar-refractivity contribution >= 4 is 10.9 Å². The van der Waals surface area contributed by atoms with E-state index in [2.05, 4.69) is 4.98 Å². The molecule has 0 unspecified atom stereocenters. The van der Waals surface area contributed by atoms with Gasteiger partial charge in [0.05, 0.1) is 11.6 Å². The van der Waals surface area contributed by atoms with Gasteiger partial charge in [-0.2, -0.15) is 0 Å². The van der Waals surface area contributed by atoms with Crippen molar-refractivity contribution in [3.05, 3.63) is 42.1 Å². The second-order valence-electron chi connectivity index (χ2n) is 3.98. The second-order valence-corrected chi connectivity index (χ2v) is 3.98. The van der Waals surface area contributed by atoms with E-state index in [1.807, 2.05) is 37.3 Å². The molecule has 0 amide bonds. The van der Waals surface area contributed by atoms with Gasteiger partial charge < -0.3 is 10.8 Å². The average Bonchev–Trinajstić information content (AvgIpc) is 2.36. The van der Waals surface area contributed by atoms with Crippen LogP contribution in [0.1, 0.15) is 25.0 Å². The largest absolute Gasteiger partial charge is 0.387 e. The monoisotopic (exact) mass is 216 g/mol. The van der Waals surface area contributed by atoms with Crippen LogP contribution in [0.4, 0.5) is 0 Å². The Labute approximate surface area is 94.9 Å². The number of benzene rings is 1. The van der Waals surface area contributed by atoms with Crippen LogP contribution in [0, 0.1) is 0 Å². The predicted molar refractivity (Wildman–Crippen MR) is 65.0 cm³/mol. The van der Waals surface area contributed by atoms with E-state index in [0.29, 0.717) is 0 Å². The van der Waals surface area contributed by atoms with E-state index >= 15 is 0 Å². The molecule has 3 N–H and O–H groups in total. The normalized spacial score (nSPS) is 14.9. The Balaban J connectivity index is 2.39. The zero-order valence-electron chi connectivity index (χ0n) is 9.30. The predicted octanol–water partition coefficient (Wildman–Crippen LogP) is 2.01. The summed E-state index contributed by atoms with van der Waals surface area (Å²) in [6, 6.07) is 9.55. The molecule has 16 heavy (non-hydrogen) atoms. The van der Waals surface area contributed by atoms with Crippen LogP contribution < -0.4 is 5.73 Å². The highest BCUT2D eigenvalue weighted by molar-refractivity contribution is 5.78. The van der Waals surface area contributed by atoms with Gasteiger partial charge in [0, 0.05) is 23.2 Å². The van der Waals surface area contributed by atoms with E-state index in [0.717, 1.165) is 22.9 Å². The highest BCUT2D eigenvalue weighted by atomic mass is 16.3. The van der Waals surface area contributed by atoms with Gasteiger partial charge in [-0.1, -0.05) is 25.1 Å². The van der Waals surface area contributed by atoms with Gasteiger partial charge in [-0.3, -0.25) is 4.98 Å². The fourth-order valence-corrected chi connectivity index (χ4v) is 1.72. The Hall–Kier alpha value is -1.45. The van der Waals surface area contributed by atoms with Gasteiger partial charge in [0.15, 0.2) is 0 Å². The molecule has 3 heteroatoms. The maximum atomic E-state index is 9.98. The Morgan fingerprint density at radius 2 is 2.12 bits per heavy atom. The number of rotatable bonds is 3. The molecule has 0 aliphatic rings. The fourth-order valence-electron chi connectivity index (χ4n) is 1.72. The van der Waals surface area contributed by atoms with Crippen molar-refractivity contribution in [2.75, 3.05) is 0 Å². The number of aromatic nitrogens is 1. The number of hydrogen-bond donors (Lipinski definition) is 2.